The number of amides is 4. The zero-order chi connectivity index (χ0) is 47.6. The number of nitrogens with zero attached hydrogens (tertiary/aromatic N) is 6. The molecule has 3 N–H and O–H groups in total. The number of aromatic nitrogens is 2. The van der Waals surface area contributed by atoms with Gasteiger partial charge >= 0.3 is 10.2 Å². The lowest BCUT2D eigenvalue weighted by molar-refractivity contribution is -0.136. The number of imide groups is 2. The van der Waals surface area contributed by atoms with E-state index >= 15 is 8.78 Å². The van der Waals surface area contributed by atoms with Gasteiger partial charge < -0.3 is 19.5 Å². The van der Waals surface area contributed by atoms with Crippen molar-refractivity contribution in [1.29, 1.82) is 0 Å². The number of anilines is 3. The number of carbonyl (C=O) groups is 5. The number of fused-ring (bicyclic) bond motifs is 2. The topological polar surface area (TPSA) is 198 Å². The van der Waals surface area contributed by atoms with Gasteiger partial charge in [-0.1, -0.05) is 12.1 Å². The molecule has 4 fully saturated rings. The van der Waals surface area contributed by atoms with Gasteiger partial charge in [0.25, 0.3) is 11.8 Å². The molecule has 17 nitrogen and oxygen atoms in total. The third-order valence-electron chi connectivity index (χ3n) is 13.7. The minimum Gasteiger partial charge on any atom is -0.496 e. The molecule has 0 bridgehead atoms. The van der Waals surface area contributed by atoms with Crippen LogP contribution in [0.3, 0.4) is 0 Å². The number of piperidine rings is 2. The first-order valence-electron chi connectivity index (χ1n) is 22.4. The predicted molar refractivity (Wildman–Crippen MR) is 244 cm³/mol. The Bertz CT molecular complexity index is 3010. The summed E-state index contributed by atoms with van der Waals surface area (Å²) in [6.45, 7) is 4.25. The molecule has 4 amide bonds. The fourth-order valence-corrected chi connectivity index (χ4v) is 11.3. The van der Waals surface area contributed by atoms with E-state index in [0.717, 1.165) is 90.4 Å². The SMILES string of the molecule is COc1cc(N2CCC(N3CCN(c4ccc(-c5cnc6[nH]cc(C(=O)c7c(F)ccc(NS(=O)(=O)N8CC[C@@H](F)C8)c7F)c6c5)cc4)CC3)CC2)cc2c1C(=O)N(C1CCC(=O)NC1=O)C2=O. The van der Waals surface area contributed by atoms with Crippen molar-refractivity contribution in [3.8, 4) is 16.9 Å². The summed E-state index contributed by atoms with van der Waals surface area (Å²) in [7, 11) is -2.93. The lowest BCUT2D eigenvalue weighted by Crippen LogP contribution is -2.54. The van der Waals surface area contributed by atoms with Gasteiger partial charge in [0.05, 0.1) is 29.5 Å². The Hall–Kier alpha value is -6.84. The zero-order valence-corrected chi connectivity index (χ0v) is 37.6. The Balaban J connectivity index is 0.764. The van der Waals surface area contributed by atoms with Crippen molar-refractivity contribution in [3.63, 3.8) is 0 Å². The summed E-state index contributed by atoms with van der Waals surface area (Å²) < 4.78 is 78.8. The van der Waals surface area contributed by atoms with Crippen molar-refractivity contribution in [2.24, 2.45) is 0 Å². The average molecular weight is 954 g/mol. The van der Waals surface area contributed by atoms with Gasteiger partial charge in [-0.3, -0.25) is 43.8 Å². The van der Waals surface area contributed by atoms with Crippen LogP contribution in [0.1, 0.15) is 68.7 Å². The molecular formula is C47H46F3N9O8S. The van der Waals surface area contributed by atoms with Gasteiger partial charge in [0.2, 0.25) is 17.6 Å². The number of hydrogen-bond donors (Lipinski definition) is 3. The Morgan fingerprint density at radius 2 is 1.57 bits per heavy atom. The highest BCUT2D eigenvalue weighted by Gasteiger charge is 2.47. The van der Waals surface area contributed by atoms with Crippen LogP contribution in [-0.2, 0) is 19.8 Å². The highest BCUT2D eigenvalue weighted by atomic mass is 32.2. The third kappa shape index (κ3) is 8.10. The number of benzene rings is 3. The quantitative estimate of drug-likeness (QED) is 0.123. The molecule has 354 valence electrons. The van der Waals surface area contributed by atoms with Crippen LogP contribution in [0.2, 0.25) is 0 Å². The molecule has 5 aliphatic rings. The molecule has 21 heteroatoms. The number of nitrogens with one attached hydrogen (secondary N) is 3. The Labute approximate surface area is 388 Å². The standard InChI is InChI=1S/C47H46F3N9O8S/c1-67-38-22-31(21-33-40(38)47(64)59(46(33)63)37-8-9-39(60)53-45(37)62)55-13-11-30(12-14-55)57-18-16-56(17-19-57)29-4-2-26(3-5-29)27-20-32-34(24-52-44(32)51-23-27)43(61)41-35(49)6-7-36(42(41)50)54-68(65,66)58-15-10-28(48)25-58/h2-7,20-24,28,30,37,54H,8-19,25H2,1H3,(H,51,52)(H,53,60,62)/t28-,37?/m1/s1. The summed E-state index contributed by atoms with van der Waals surface area (Å²) in [5.41, 5.74) is 2.18. The van der Waals surface area contributed by atoms with E-state index in [1.807, 2.05) is 29.0 Å². The zero-order valence-electron chi connectivity index (χ0n) is 36.8. The molecule has 2 atom stereocenters. The second kappa shape index (κ2) is 17.7. The monoisotopic (exact) mass is 953 g/mol. The summed E-state index contributed by atoms with van der Waals surface area (Å²) in [6.07, 6.45) is 3.43. The van der Waals surface area contributed by atoms with Gasteiger partial charge in [-0.25, -0.2) is 18.2 Å². The molecule has 10 rings (SSSR count). The first-order valence-corrected chi connectivity index (χ1v) is 23.8. The maximum absolute atomic E-state index is 15.8. The smallest absolute Gasteiger partial charge is 0.301 e. The fourth-order valence-electron chi connectivity index (χ4n) is 10.0. The minimum absolute atomic E-state index is 0.00660. The van der Waals surface area contributed by atoms with E-state index < -0.39 is 81.3 Å². The Kier molecular flexibility index (Phi) is 11.7. The summed E-state index contributed by atoms with van der Waals surface area (Å²) in [5.74, 6) is -5.64. The van der Waals surface area contributed by atoms with Crippen LogP contribution in [0.4, 0.5) is 30.2 Å². The van der Waals surface area contributed by atoms with Gasteiger partial charge in [-0.15, -0.1) is 0 Å². The normalized spacial score (nSPS) is 20.9. The van der Waals surface area contributed by atoms with Crippen molar-refractivity contribution in [3.05, 3.63) is 101 Å². The number of pyridine rings is 1. The Morgan fingerprint density at radius 1 is 0.838 bits per heavy atom. The third-order valence-corrected chi connectivity index (χ3v) is 15.2. The lowest BCUT2D eigenvalue weighted by atomic mass is 9.99. The number of halogens is 3. The number of methoxy groups -OCH3 is 1. The molecule has 5 aromatic rings. The maximum atomic E-state index is 15.8. The van der Waals surface area contributed by atoms with Crippen LogP contribution < -0.4 is 24.6 Å². The number of alkyl halides is 1. The molecule has 2 aromatic heterocycles. The van der Waals surface area contributed by atoms with Crippen LogP contribution >= 0.6 is 0 Å². The van der Waals surface area contributed by atoms with E-state index in [2.05, 4.69) is 30.0 Å². The van der Waals surface area contributed by atoms with E-state index in [9.17, 15) is 36.8 Å². The summed E-state index contributed by atoms with van der Waals surface area (Å²) in [4.78, 5) is 80.4. The lowest BCUT2D eigenvalue weighted by Gasteiger charge is -2.44. The van der Waals surface area contributed by atoms with E-state index in [1.54, 1.807) is 24.4 Å². The van der Waals surface area contributed by atoms with Gasteiger partial charge in [-0.05, 0) is 67.6 Å². The summed E-state index contributed by atoms with van der Waals surface area (Å²) in [5, 5.41) is 2.54. The summed E-state index contributed by atoms with van der Waals surface area (Å²) >= 11 is 0. The maximum Gasteiger partial charge on any atom is 0.301 e. The van der Waals surface area contributed by atoms with E-state index in [-0.39, 0.29) is 48.2 Å². The molecule has 0 radical (unpaired) electrons. The van der Waals surface area contributed by atoms with E-state index in [4.69, 9.17) is 4.74 Å². The van der Waals surface area contributed by atoms with E-state index in [1.165, 1.54) is 13.3 Å². The van der Waals surface area contributed by atoms with Crippen LogP contribution in [0, 0.1) is 11.6 Å². The van der Waals surface area contributed by atoms with Crippen LogP contribution in [0.5, 0.6) is 5.75 Å². The second-order valence-corrected chi connectivity index (χ2v) is 19.3. The molecule has 0 saturated carbocycles. The van der Waals surface area contributed by atoms with Crippen molar-refractivity contribution in [2.45, 2.75) is 50.4 Å². The highest BCUT2D eigenvalue weighted by Crippen LogP contribution is 2.39. The predicted octanol–water partition coefficient (Wildman–Crippen LogP) is 4.64. The molecule has 0 spiro atoms. The van der Waals surface area contributed by atoms with Crippen LogP contribution in [-0.4, -0.2) is 140 Å². The van der Waals surface area contributed by atoms with Crippen molar-refractivity contribution >= 4 is 67.7 Å². The molecule has 3 aromatic carbocycles. The fraction of sp³-hybridized carbons (Fsp3) is 0.362. The van der Waals surface area contributed by atoms with Gasteiger partial charge in [0, 0.05) is 111 Å². The Morgan fingerprint density at radius 3 is 2.26 bits per heavy atom. The highest BCUT2D eigenvalue weighted by molar-refractivity contribution is 7.90. The number of hydrogen-bond acceptors (Lipinski definition) is 12. The second-order valence-electron chi connectivity index (χ2n) is 17.6. The molecule has 4 saturated heterocycles. The number of piperazine rings is 1. The van der Waals surface area contributed by atoms with Crippen molar-refractivity contribution in [1.82, 2.24) is 29.4 Å². The number of carbonyl (C=O) groups excluding carboxylic acids is 5. The van der Waals surface area contributed by atoms with Crippen LogP contribution in [0.25, 0.3) is 22.2 Å². The number of ketones is 1. The van der Waals surface area contributed by atoms with E-state index in [0.29, 0.717) is 22.6 Å². The van der Waals surface area contributed by atoms with Crippen molar-refractivity contribution in [2.75, 3.05) is 74.0 Å². The molecular weight excluding hydrogens is 908 g/mol. The molecule has 68 heavy (non-hydrogen) atoms. The number of rotatable bonds is 11. The first kappa shape index (κ1) is 45.0. The van der Waals surface area contributed by atoms with Gasteiger partial charge in [-0.2, -0.15) is 12.7 Å². The number of ether oxygens (including phenoxy) is 1. The molecule has 0 aliphatic carbocycles. The minimum atomic E-state index is -4.37. The molecule has 1 unspecified atom stereocenters. The molecule has 5 aliphatic heterocycles. The van der Waals surface area contributed by atoms with Crippen LogP contribution in [0.15, 0.2) is 67.0 Å². The average Bonchev–Trinajstić information content (AvgIpc) is 4.05. The first-order chi connectivity index (χ1) is 32.7. The number of H-pyrrole nitrogens is 1. The van der Waals surface area contributed by atoms with Gasteiger partial charge in [0.15, 0.2) is 5.82 Å². The van der Waals surface area contributed by atoms with Crippen molar-refractivity contribution < 1.29 is 50.3 Å². The summed E-state index contributed by atoms with van der Waals surface area (Å²) in [6, 6.07) is 14.0. The van der Waals surface area contributed by atoms with Gasteiger partial charge in [0.1, 0.15) is 29.4 Å². The molecule has 7 heterocycles. The largest absolute Gasteiger partial charge is 0.496 e. The number of aromatic amines is 1.